The highest BCUT2D eigenvalue weighted by molar-refractivity contribution is 14.0. The summed E-state index contributed by atoms with van der Waals surface area (Å²) in [6.45, 7) is 6.12. The van der Waals surface area contributed by atoms with Gasteiger partial charge < -0.3 is 24.8 Å². The van der Waals surface area contributed by atoms with Gasteiger partial charge in [-0.3, -0.25) is 9.89 Å². The number of hydrogen-bond donors (Lipinski definition) is 2. The summed E-state index contributed by atoms with van der Waals surface area (Å²) in [6, 6.07) is 14.7. The lowest BCUT2D eigenvalue weighted by Crippen LogP contribution is -2.38. The summed E-state index contributed by atoms with van der Waals surface area (Å²) in [7, 11) is 5.09. The quantitative estimate of drug-likeness (QED) is 0.282. The highest BCUT2D eigenvalue weighted by Crippen LogP contribution is 2.27. The van der Waals surface area contributed by atoms with Crippen LogP contribution in [0.15, 0.2) is 47.5 Å². The first kappa shape index (κ1) is 26.2. The standard InChI is InChI=1S/C24H34N4O3.HI/c1-25-24(26-10-9-19-7-8-22(29-2)23(16-19)30-3)27-17-20-5-4-6-21(15-20)18-28-11-13-31-14-12-28;/h4-8,15-16H,9-14,17-18H2,1-3H3,(H2,25,26,27);1H. The van der Waals surface area contributed by atoms with Gasteiger partial charge in [0.05, 0.1) is 27.4 Å². The second-order valence-corrected chi connectivity index (χ2v) is 7.50. The third-order valence-corrected chi connectivity index (χ3v) is 5.34. The van der Waals surface area contributed by atoms with E-state index in [9.17, 15) is 0 Å². The van der Waals surface area contributed by atoms with E-state index in [1.54, 1.807) is 21.3 Å². The summed E-state index contributed by atoms with van der Waals surface area (Å²) in [5.74, 6) is 2.28. The van der Waals surface area contributed by atoms with Crippen molar-refractivity contribution in [1.82, 2.24) is 15.5 Å². The summed E-state index contributed by atoms with van der Waals surface area (Å²) in [6.07, 6.45) is 0.857. The minimum atomic E-state index is 0. The number of rotatable bonds is 9. The number of benzene rings is 2. The molecule has 1 aliphatic rings. The molecule has 7 nitrogen and oxygen atoms in total. The molecule has 2 N–H and O–H groups in total. The third-order valence-electron chi connectivity index (χ3n) is 5.34. The molecule has 2 aromatic carbocycles. The third kappa shape index (κ3) is 8.14. The number of guanidine groups is 1. The summed E-state index contributed by atoms with van der Waals surface area (Å²) in [4.78, 5) is 6.77. The number of nitrogens with one attached hydrogen (secondary N) is 2. The number of halogens is 1. The van der Waals surface area contributed by atoms with Crippen molar-refractivity contribution in [2.45, 2.75) is 19.5 Å². The smallest absolute Gasteiger partial charge is 0.191 e. The van der Waals surface area contributed by atoms with E-state index in [0.29, 0.717) is 0 Å². The van der Waals surface area contributed by atoms with Crippen LogP contribution in [0.4, 0.5) is 0 Å². The Morgan fingerprint density at radius 1 is 0.969 bits per heavy atom. The van der Waals surface area contributed by atoms with Crippen LogP contribution >= 0.6 is 24.0 Å². The van der Waals surface area contributed by atoms with Crippen molar-refractivity contribution in [2.75, 3.05) is 54.1 Å². The fourth-order valence-corrected chi connectivity index (χ4v) is 3.62. The lowest BCUT2D eigenvalue weighted by atomic mass is 10.1. The SMILES string of the molecule is CN=C(NCCc1ccc(OC)c(OC)c1)NCc1cccc(CN2CCOCC2)c1.I. The Balaban J connectivity index is 0.00000363. The number of aliphatic imine (C=N–C) groups is 1. The van der Waals surface area contributed by atoms with Crippen molar-refractivity contribution in [3.8, 4) is 11.5 Å². The van der Waals surface area contributed by atoms with Gasteiger partial charge in [-0.05, 0) is 35.2 Å². The maximum Gasteiger partial charge on any atom is 0.191 e. The molecule has 0 amide bonds. The number of ether oxygens (including phenoxy) is 3. The predicted octanol–water partition coefficient (Wildman–Crippen LogP) is 3.06. The molecule has 176 valence electrons. The highest BCUT2D eigenvalue weighted by atomic mass is 127. The number of morpholine rings is 1. The molecular weight excluding hydrogens is 519 g/mol. The molecule has 0 atom stereocenters. The van der Waals surface area contributed by atoms with Gasteiger partial charge in [-0.2, -0.15) is 0 Å². The van der Waals surface area contributed by atoms with Gasteiger partial charge in [-0.25, -0.2) is 0 Å². The first-order valence-electron chi connectivity index (χ1n) is 10.7. The number of methoxy groups -OCH3 is 2. The monoisotopic (exact) mass is 554 g/mol. The van der Waals surface area contributed by atoms with Crippen LogP contribution in [-0.4, -0.2) is 65.0 Å². The van der Waals surface area contributed by atoms with Crippen molar-refractivity contribution in [1.29, 1.82) is 0 Å². The van der Waals surface area contributed by atoms with Crippen molar-refractivity contribution < 1.29 is 14.2 Å². The molecule has 0 spiro atoms. The fraction of sp³-hybridized carbons (Fsp3) is 0.458. The second kappa shape index (κ2) is 14.2. The molecule has 0 bridgehead atoms. The van der Waals surface area contributed by atoms with E-state index in [2.05, 4.69) is 50.9 Å². The fourth-order valence-electron chi connectivity index (χ4n) is 3.62. The maximum atomic E-state index is 5.44. The van der Waals surface area contributed by atoms with Gasteiger partial charge in [0.1, 0.15) is 0 Å². The van der Waals surface area contributed by atoms with E-state index < -0.39 is 0 Å². The molecule has 2 aromatic rings. The molecule has 0 radical (unpaired) electrons. The average Bonchev–Trinajstić information content (AvgIpc) is 2.82. The van der Waals surface area contributed by atoms with E-state index in [0.717, 1.165) is 69.8 Å². The Labute approximate surface area is 208 Å². The minimum absolute atomic E-state index is 0. The van der Waals surface area contributed by atoms with Gasteiger partial charge in [-0.15, -0.1) is 24.0 Å². The zero-order valence-electron chi connectivity index (χ0n) is 19.2. The van der Waals surface area contributed by atoms with Crippen molar-refractivity contribution in [2.24, 2.45) is 4.99 Å². The topological polar surface area (TPSA) is 67.4 Å². The molecule has 0 unspecified atom stereocenters. The molecule has 1 heterocycles. The Bertz CT molecular complexity index is 857. The summed E-state index contributed by atoms with van der Waals surface area (Å²) >= 11 is 0. The van der Waals surface area contributed by atoms with Crippen LogP contribution in [0.2, 0.25) is 0 Å². The van der Waals surface area contributed by atoms with E-state index in [1.165, 1.54) is 16.7 Å². The van der Waals surface area contributed by atoms with Gasteiger partial charge in [0, 0.05) is 39.8 Å². The Morgan fingerprint density at radius 3 is 2.44 bits per heavy atom. The van der Waals surface area contributed by atoms with Crippen LogP contribution in [0.3, 0.4) is 0 Å². The molecule has 32 heavy (non-hydrogen) atoms. The lowest BCUT2D eigenvalue weighted by Gasteiger charge is -2.26. The average molecular weight is 554 g/mol. The van der Waals surface area contributed by atoms with E-state index in [4.69, 9.17) is 14.2 Å². The highest BCUT2D eigenvalue weighted by Gasteiger charge is 2.11. The van der Waals surface area contributed by atoms with E-state index >= 15 is 0 Å². The second-order valence-electron chi connectivity index (χ2n) is 7.50. The van der Waals surface area contributed by atoms with Crippen LogP contribution in [-0.2, 0) is 24.2 Å². The predicted molar refractivity (Wildman–Crippen MR) is 139 cm³/mol. The molecule has 8 heteroatoms. The molecule has 1 saturated heterocycles. The van der Waals surface area contributed by atoms with Gasteiger partial charge >= 0.3 is 0 Å². The van der Waals surface area contributed by atoms with Gasteiger partial charge in [0.15, 0.2) is 17.5 Å². The van der Waals surface area contributed by atoms with Gasteiger partial charge in [0.2, 0.25) is 0 Å². The van der Waals surface area contributed by atoms with Crippen LogP contribution in [0.5, 0.6) is 11.5 Å². The van der Waals surface area contributed by atoms with E-state index in [1.807, 2.05) is 12.1 Å². The molecule has 3 rings (SSSR count). The van der Waals surface area contributed by atoms with Crippen molar-refractivity contribution >= 4 is 29.9 Å². The van der Waals surface area contributed by atoms with Crippen LogP contribution in [0.1, 0.15) is 16.7 Å². The molecule has 0 aromatic heterocycles. The Hall–Kier alpha value is -2.04. The van der Waals surface area contributed by atoms with Crippen molar-refractivity contribution in [3.63, 3.8) is 0 Å². The number of hydrogen-bond acceptors (Lipinski definition) is 5. The normalized spacial score (nSPS) is 14.4. The van der Waals surface area contributed by atoms with E-state index in [-0.39, 0.29) is 24.0 Å². The first-order chi connectivity index (χ1) is 15.2. The Morgan fingerprint density at radius 2 is 1.72 bits per heavy atom. The maximum absolute atomic E-state index is 5.44. The van der Waals surface area contributed by atoms with Crippen LogP contribution in [0, 0.1) is 0 Å². The zero-order chi connectivity index (χ0) is 21.9. The molecular formula is C24H35IN4O3. The summed E-state index contributed by atoms with van der Waals surface area (Å²) in [5, 5.41) is 6.78. The van der Waals surface area contributed by atoms with Crippen molar-refractivity contribution in [3.05, 3.63) is 59.2 Å². The Kier molecular flexibility index (Phi) is 11.6. The molecule has 1 aliphatic heterocycles. The molecule has 1 fully saturated rings. The summed E-state index contributed by atoms with van der Waals surface area (Å²) < 4.78 is 16.1. The number of nitrogens with zero attached hydrogens (tertiary/aromatic N) is 2. The first-order valence-corrected chi connectivity index (χ1v) is 10.7. The molecule has 0 aliphatic carbocycles. The van der Waals surface area contributed by atoms with Gasteiger partial charge in [0.25, 0.3) is 0 Å². The largest absolute Gasteiger partial charge is 0.493 e. The minimum Gasteiger partial charge on any atom is -0.493 e. The summed E-state index contributed by atoms with van der Waals surface area (Å²) in [5.41, 5.74) is 3.75. The van der Waals surface area contributed by atoms with Gasteiger partial charge in [-0.1, -0.05) is 30.3 Å². The van der Waals surface area contributed by atoms with Crippen LogP contribution < -0.4 is 20.1 Å². The zero-order valence-corrected chi connectivity index (χ0v) is 21.6. The molecule has 0 saturated carbocycles. The lowest BCUT2D eigenvalue weighted by molar-refractivity contribution is 0.0342. The van der Waals surface area contributed by atoms with Crippen LogP contribution in [0.25, 0.3) is 0 Å².